The first kappa shape index (κ1) is 16.4. The van der Waals surface area contributed by atoms with Gasteiger partial charge in [0, 0.05) is 18.5 Å². The Morgan fingerprint density at radius 3 is 2.86 bits per heavy atom. The lowest BCUT2D eigenvalue weighted by molar-refractivity contribution is -0.123. The third kappa shape index (κ3) is 4.77. The van der Waals surface area contributed by atoms with Crippen LogP contribution in [-0.4, -0.2) is 30.8 Å². The van der Waals surface area contributed by atoms with E-state index in [0.717, 1.165) is 6.07 Å². The maximum atomic E-state index is 13.2. The fourth-order valence-electron chi connectivity index (χ4n) is 2.33. The number of hydrogen-bond acceptors (Lipinski definition) is 4. The molecular formula is C14H16ClFN2O4. The summed E-state index contributed by atoms with van der Waals surface area (Å²) >= 11 is 5.55. The van der Waals surface area contributed by atoms with E-state index in [2.05, 4.69) is 5.32 Å². The smallest absolute Gasteiger partial charge is 0.404 e. The zero-order valence-corrected chi connectivity index (χ0v) is 12.4. The maximum absolute atomic E-state index is 13.2. The van der Waals surface area contributed by atoms with Gasteiger partial charge in [0.1, 0.15) is 17.7 Å². The Hall–Kier alpha value is -2.02. The standard InChI is InChI=1S/C14H16ClFN2O4/c15-11-4-3-9(6-12(11)16)21-7-13(19)18-8-1-2-10(5-8)22-14(17)20/h3-4,6,8,10H,1-2,5,7H2,(H2,17,20)(H,18,19)/t8-,10+/m1/s1. The summed E-state index contributed by atoms with van der Waals surface area (Å²) in [5.74, 6) is -0.722. The van der Waals surface area contributed by atoms with Crippen LogP contribution in [0.2, 0.25) is 5.02 Å². The van der Waals surface area contributed by atoms with Crippen LogP contribution in [0, 0.1) is 5.82 Å². The van der Waals surface area contributed by atoms with Crippen LogP contribution in [0.5, 0.6) is 5.75 Å². The first-order valence-electron chi connectivity index (χ1n) is 6.77. The first-order chi connectivity index (χ1) is 10.4. The molecule has 0 aliphatic heterocycles. The zero-order valence-electron chi connectivity index (χ0n) is 11.7. The number of halogens is 2. The second-order valence-corrected chi connectivity index (χ2v) is 5.41. The van der Waals surface area contributed by atoms with E-state index in [0.29, 0.717) is 19.3 Å². The lowest BCUT2D eigenvalue weighted by Gasteiger charge is -2.14. The molecule has 2 rings (SSSR count). The van der Waals surface area contributed by atoms with E-state index < -0.39 is 11.9 Å². The fourth-order valence-corrected chi connectivity index (χ4v) is 2.44. The Kier molecular flexibility index (Phi) is 5.43. The van der Waals surface area contributed by atoms with Crippen molar-refractivity contribution in [3.05, 3.63) is 29.0 Å². The lowest BCUT2D eigenvalue weighted by Crippen LogP contribution is -2.37. The summed E-state index contributed by atoms with van der Waals surface area (Å²) in [4.78, 5) is 22.4. The van der Waals surface area contributed by atoms with Gasteiger partial charge in [-0.15, -0.1) is 0 Å². The van der Waals surface area contributed by atoms with Gasteiger partial charge in [0.25, 0.3) is 5.91 Å². The van der Waals surface area contributed by atoms with Crippen molar-refractivity contribution >= 4 is 23.6 Å². The number of nitrogens with one attached hydrogen (secondary N) is 1. The Bertz CT molecular complexity index is 570. The van der Waals surface area contributed by atoms with Gasteiger partial charge < -0.3 is 20.5 Å². The molecule has 1 saturated carbocycles. The highest BCUT2D eigenvalue weighted by atomic mass is 35.5. The van der Waals surface area contributed by atoms with Crippen LogP contribution in [0.3, 0.4) is 0 Å². The molecule has 0 aromatic heterocycles. The summed E-state index contributed by atoms with van der Waals surface area (Å²) in [5, 5.41) is 2.75. The summed E-state index contributed by atoms with van der Waals surface area (Å²) in [6.45, 7) is -0.237. The van der Waals surface area contributed by atoms with Gasteiger partial charge in [0.05, 0.1) is 5.02 Å². The van der Waals surface area contributed by atoms with Gasteiger partial charge in [0.15, 0.2) is 6.61 Å². The van der Waals surface area contributed by atoms with Crippen LogP contribution in [0.4, 0.5) is 9.18 Å². The fraction of sp³-hybridized carbons (Fsp3) is 0.429. The van der Waals surface area contributed by atoms with Crippen molar-refractivity contribution in [2.75, 3.05) is 6.61 Å². The van der Waals surface area contributed by atoms with E-state index in [-0.39, 0.29) is 35.4 Å². The van der Waals surface area contributed by atoms with Crippen molar-refractivity contribution in [3.8, 4) is 5.75 Å². The molecule has 1 fully saturated rings. The molecule has 8 heteroatoms. The summed E-state index contributed by atoms with van der Waals surface area (Å²) in [6.07, 6.45) is 0.778. The number of amides is 2. The van der Waals surface area contributed by atoms with Gasteiger partial charge in [-0.25, -0.2) is 9.18 Å². The Labute approximate surface area is 131 Å². The molecule has 0 radical (unpaired) electrons. The van der Waals surface area contributed by atoms with Crippen LogP contribution in [-0.2, 0) is 9.53 Å². The first-order valence-corrected chi connectivity index (χ1v) is 7.15. The van der Waals surface area contributed by atoms with Crippen molar-refractivity contribution in [3.63, 3.8) is 0 Å². The van der Waals surface area contributed by atoms with Gasteiger partial charge in [-0.2, -0.15) is 0 Å². The van der Waals surface area contributed by atoms with Gasteiger partial charge in [0.2, 0.25) is 0 Å². The monoisotopic (exact) mass is 330 g/mol. The number of hydrogen-bond donors (Lipinski definition) is 2. The van der Waals surface area contributed by atoms with E-state index in [1.54, 1.807) is 0 Å². The van der Waals surface area contributed by atoms with Gasteiger partial charge in [-0.05, 0) is 25.0 Å². The number of rotatable bonds is 5. The van der Waals surface area contributed by atoms with Crippen LogP contribution < -0.4 is 15.8 Å². The molecular weight excluding hydrogens is 315 g/mol. The molecule has 0 unspecified atom stereocenters. The average Bonchev–Trinajstić information content (AvgIpc) is 2.86. The van der Waals surface area contributed by atoms with E-state index in [9.17, 15) is 14.0 Å². The molecule has 2 atom stereocenters. The van der Waals surface area contributed by atoms with Crippen LogP contribution in [0.25, 0.3) is 0 Å². The van der Waals surface area contributed by atoms with Crippen LogP contribution in [0.1, 0.15) is 19.3 Å². The average molecular weight is 331 g/mol. The van der Waals surface area contributed by atoms with E-state index in [1.165, 1.54) is 12.1 Å². The highest BCUT2D eigenvalue weighted by molar-refractivity contribution is 6.30. The summed E-state index contributed by atoms with van der Waals surface area (Å²) in [6, 6.07) is 3.85. The number of carbonyl (C=O) groups is 2. The highest BCUT2D eigenvalue weighted by Crippen LogP contribution is 2.22. The predicted octanol–water partition coefficient (Wildman–Crippen LogP) is 1.99. The van der Waals surface area contributed by atoms with Crippen molar-refractivity contribution in [2.24, 2.45) is 5.73 Å². The molecule has 1 aromatic carbocycles. The number of ether oxygens (including phenoxy) is 2. The normalized spacial score (nSPS) is 20.5. The number of carbonyl (C=O) groups excluding carboxylic acids is 2. The number of nitrogens with two attached hydrogens (primary N) is 1. The molecule has 22 heavy (non-hydrogen) atoms. The third-order valence-electron chi connectivity index (χ3n) is 3.29. The van der Waals surface area contributed by atoms with Crippen LogP contribution >= 0.6 is 11.6 Å². The van der Waals surface area contributed by atoms with E-state index >= 15 is 0 Å². The van der Waals surface area contributed by atoms with Crippen molar-refractivity contribution in [1.29, 1.82) is 0 Å². The molecule has 0 bridgehead atoms. The minimum atomic E-state index is -0.815. The summed E-state index contributed by atoms with van der Waals surface area (Å²) < 4.78 is 23.3. The Morgan fingerprint density at radius 1 is 1.41 bits per heavy atom. The van der Waals surface area contributed by atoms with Gasteiger partial charge >= 0.3 is 6.09 Å². The minimum Gasteiger partial charge on any atom is -0.484 e. The van der Waals surface area contributed by atoms with Crippen molar-refractivity contribution < 1.29 is 23.5 Å². The van der Waals surface area contributed by atoms with E-state index in [4.69, 9.17) is 26.8 Å². The highest BCUT2D eigenvalue weighted by Gasteiger charge is 2.28. The summed E-state index contributed by atoms with van der Waals surface area (Å²) in [7, 11) is 0. The summed E-state index contributed by atoms with van der Waals surface area (Å²) in [5.41, 5.74) is 4.95. The molecule has 6 nitrogen and oxygen atoms in total. The lowest BCUT2D eigenvalue weighted by atomic mass is 10.2. The van der Waals surface area contributed by atoms with E-state index in [1.807, 2.05) is 0 Å². The number of primary amides is 1. The van der Waals surface area contributed by atoms with Crippen LogP contribution in [0.15, 0.2) is 18.2 Å². The number of benzene rings is 1. The van der Waals surface area contributed by atoms with Crippen molar-refractivity contribution in [2.45, 2.75) is 31.4 Å². The molecule has 0 saturated heterocycles. The Balaban J connectivity index is 1.74. The largest absolute Gasteiger partial charge is 0.484 e. The molecule has 0 spiro atoms. The maximum Gasteiger partial charge on any atom is 0.404 e. The molecule has 1 aliphatic carbocycles. The minimum absolute atomic E-state index is 0.0109. The molecule has 2 amide bonds. The quantitative estimate of drug-likeness (QED) is 0.863. The molecule has 120 valence electrons. The topological polar surface area (TPSA) is 90.7 Å². The molecule has 0 heterocycles. The second kappa shape index (κ2) is 7.31. The van der Waals surface area contributed by atoms with Gasteiger partial charge in [-0.3, -0.25) is 4.79 Å². The molecule has 1 aliphatic rings. The molecule has 3 N–H and O–H groups in total. The SMILES string of the molecule is NC(=O)O[C@H]1CC[C@@H](NC(=O)COc2ccc(Cl)c(F)c2)C1. The molecule has 1 aromatic rings. The zero-order chi connectivity index (χ0) is 16.1. The van der Waals surface area contributed by atoms with Crippen molar-refractivity contribution in [1.82, 2.24) is 5.32 Å². The Morgan fingerprint density at radius 2 is 2.18 bits per heavy atom. The third-order valence-corrected chi connectivity index (χ3v) is 3.60. The second-order valence-electron chi connectivity index (χ2n) is 5.00. The predicted molar refractivity (Wildman–Crippen MR) is 77.1 cm³/mol. The van der Waals surface area contributed by atoms with Gasteiger partial charge in [-0.1, -0.05) is 11.6 Å².